The number of hydrogen-bond donors (Lipinski definition) is 2. The third-order valence-corrected chi connectivity index (χ3v) is 4.22. The summed E-state index contributed by atoms with van der Waals surface area (Å²) >= 11 is 0. The SMILES string of the molecule is CC(C)C(CNc1cc(CN)nc2ccccc12)C(C)C. The molecule has 1 aromatic heterocycles. The molecule has 0 aliphatic carbocycles. The molecule has 0 fully saturated rings. The van der Waals surface area contributed by atoms with E-state index < -0.39 is 0 Å². The Hall–Kier alpha value is -1.61. The molecule has 1 aromatic carbocycles. The number of benzene rings is 1. The second kappa shape index (κ2) is 6.90. The van der Waals surface area contributed by atoms with Crippen molar-refractivity contribution in [3.05, 3.63) is 36.0 Å². The third kappa shape index (κ3) is 3.73. The minimum absolute atomic E-state index is 0.470. The zero-order chi connectivity index (χ0) is 15.4. The number of rotatable bonds is 6. The molecule has 21 heavy (non-hydrogen) atoms. The normalized spacial score (nSPS) is 11.8. The number of nitrogens with one attached hydrogen (secondary N) is 1. The first-order chi connectivity index (χ1) is 10.0. The molecule has 2 aromatic rings. The zero-order valence-electron chi connectivity index (χ0n) is 13.6. The maximum Gasteiger partial charge on any atom is 0.0726 e. The van der Waals surface area contributed by atoms with Gasteiger partial charge in [0, 0.05) is 24.2 Å². The van der Waals surface area contributed by atoms with E-state index in [0.29, 0.717) is 24.3 Å². The molecular formula is C18H27N3. The molecule has 3 nitrogen and oxygen atoms in total. The van der Waals surface area contributed by atoms with Crippen molar-refractivity contribution in [1.82, 2.24) is 4.98 Å². The molecule has 0 amide bonds. The molecule has 0 aliphatic rings. The number of nitrogens with two attached hydrogens (primary N) is 1. The van der Waals surface area contributed by atoms with E-state index >= 15 is 0 Å². The van der Waals surface area contributed by atoms with Gasteiger partial charge in [0.2, 0.25) is 0 Å². The molecule has 0 radical (unpaired) electrons. The largest absolute Gasteiger partial charge is 0.384 e. The predicted octanol–water partition coefficient (Wildman–Crippen LogP) is 4.03. The molecule has 2 rings (SSSR count). The molecule has 1 heterocycles. The lowest BCUT2D eigenvalue weighted by Gasteiger charge is -2.26. The molecule has 0 spiro atoms. The summed E-state index contributed by atoms with van der Waals surface area (Å²) in [6.07, 6.45) is 0. The van der Waals surface area contributed by atoms with Crippen molar-refractivity contribution in [2.24, 2.45) is 23.5 Å². The fourth-order valence-corrected chi connectivity index (χ4v) is 2.95. The van der Waals surface area contributed by atoms with E-state index in [0.717, 1.165) is 23.4 Å². The topological polar surface area (TPSA) is 50.9 Å². The van der Waals surface area contributed by atoms with Crippen LogP contribution in [0.1, 0.15) is 33.4 Å². The van der Waals surface area contributed by atoms with E-state index in [-0.39, 0.29) is 0 Å². The van der Waals surface area contributed by atoms with Gasteiger partial charge in [0.1, 0.15) is 0 Å². The number of aromatic nitrogens is 1. The van der Waals surface area contributed by atoms with Crippen LogP contribution in [0.15, 0.2) is 30.3 Å². The molecule has 3 N–H and O–H groups in total. The number of para-hydroxylation sites is 1. The van der Waals surface area contributed by atoms with Crippen LogP contribution in [-0.4, -0.2) is 11.5 Å². The van der Waals surface area contributed by atoms with E-state index in [1.807, 2.05) is 12.1 Å². The Morgan fingerprint density at radius 1 is 1.10 bits per heavy atom. The Balaban J connectivity index is 2.28. The number of nitrogens with zero attached hydrogens (tertiary/aromatic N) is 1. The summed E-state index contributed by atoms with van der Waals surface area (Å²) < 4.78 is 0. The number of hydrogen-bond acceptors (Lipinski definition) is 3. The van der Waals surface area contributed by atoms with Gasteiger partial charge < -0.3 is 11.1 Å². The van der Waals surface area contributed by atoms with Crippen LogP contribution in [0.4, 0.5) is 5.69 Å². The van der Waals surface area contributed by atoms with Crippen molar-refractivity contribution in [3.8, 4) is 0 Å². The number of pyridine rings is 1. The van der Waals surface area contributed by atoms with Crippen molar-refractivity contribution >= 4 is 16.6 Å². The monoisotopic (exact) mass is 285 g/mol. The smallest absolute Gasteiger partial charge is 0.0726 e. The van der Waals surface area contributed by atoms with Gasteiger partial charge in [-0.3, -0.25) is 4.98 Å². The maximum atomic E-state index is 5.77. The van der Waals surface area contributed by atoms with Gasteiger partial charge in [0.05, 0.1) is 11.2 Å². The minimum atomic E-state index is 0.470. The number of anilines is 1. The molecule has 0 atom stereocenters. The molecular weight excluding hydrogens is 258 g/mol. The van der Waals surface area contributed by atoms with Crippen LogP contribution in [0.3, 0.4) is 0 Å². The van der Waals surface area contributed by atoms with Crippen LogP contribution >= 0.6 is 0 Å². The van der Waals surface area contributed by atoms with Gasteiger partial charge in [-0.05, 0) is 29.9 Å². The van der Waals surface area contributed by atoms with E-state index in [9.17, 15) is 0 Å². The van der Waals surface area contributed by atoms with Gasteiger partial charge in [0.15, 0.2) is 0 Å². The highest BCUT2D eigenvalue weighted by Crippen LogP contribution is 2.26. The molecule has 3 heteroatoms. The lowest BCUT2D eigenvalue weighted by atomic mass is 9.85. The summed E-state index contributed by atoms with van der Waals surface area (Å²) in [5.74, 6) is 1.98. The Morgan fingerprint density at radius 2 is 1.76 bits per heavy atom. The predicted molar refractivity (Wildman–Crippen MR) is 91.3 cm³/mol. The zero-order valence-corrected chi connectivity index (χ0v) is 13.6. The maximum absolute atomic E-state index is 5.77. The summed E-state index contributed by atoms with van der Waals surface area (Å²) in [4.78, 5) is 4.59. The lowest BCUT2D eigenvalue weighted by Crippen LogP contribution is -2.24. The summed E-state index contributed by atoms with van der Waals surface area (Å²) in [6.45, 7) is 10.6. The van der Waals surface area contributed by atoms with E-state index in [4.69, 9.17) is 5.73 Å². The lowest BCUT2D eigenvalue weighted by molar-refractivity contribution is 0.304. The molecule has 0 saturated carbocycles. The van der Waals surface area contributed by atoms with Crippen LogP contribution in [0, 0.1) is 17.8 Å². The average molecular weight is 285 g/mol. The second-order valence-corrected chi connectivity index (χ2v) is 6.42. The second-order valence-electron chi connectivity index (χ2n) is 6.42. The van der Waals surface area contributed by atoms with Crippen LogP contribution in [0.2, 0.25) is 0 Å². The summed E-state index contributed by atoms with van der Waals surface area (Å²) in [5, 5.41) is 4.80. The molecule has 0 saturated heterocycles. The summed E-state index contributed by atoms with van der Waals surface area (Å²) in [7, 11) is 0. The summed E-state index contributed by atoms with van der Waals surface area (Å²) in [5.41, 5.74) is 8.86. The minimum Gasteiger partial charge on any atom is -0.384 e. The highest BCUT2D eigenvalue weighted by atomic mass is 14.9. The fraction of sp³-hybridized carbons (Fsp3) is 0.500. The first-order valence-corrected chi connectivity index (χ1v) is 7.85. The van der Waals surface area contributed by atoms with Gasteiger partial charge >= 0.3 is 0 Å². The molecule has 0 unspecified atom stereocenters. The van der Waals surface area contributed by atoms with Crippen LogP contribution < -0.4 is 11.1 Å². The third-order valence-electron chi connectivity index (χ3n) is 4.22. The van der Waals surface area contributed by atoms with Crippen molar-refractivity contribution in [2.45, 2.75) is 34.2 Å². The standard InChI is InChI=1S/C18H27N3/c1-12(2)16(13(3)4)11-20-18-9-14(10-19)21-17-8-6-5-7-15(17)18/h5-9,12-13,16H,10-11,19H2,1-4H3,(H,20,21). The molecule has 0 bridgehead atoms. The van der Waals surface area contributed by atoms with Crippen LogP contribution in [-0.2, 0) is 6.54 Å². The Kier molecular flexibility index (Phi) is 5.18. The first kappa shape index (κ1) is 15.8. The van der Waals surface area contributed by atoms with Crippen molar-refractivity contribution in [3.63, 3.8) is 0 Å². The Morgan fingerprint density at radius 3 is 2.38 bits per heavy atom. The molecule has 114 valence electrons. The Labute approximate surface area is 128 Å². The quantitative estimate of drug-likeness (QED) is 0.842. The van der Waals surface area contributed by atoms with E-state index in [1.165, 1.54) is 5.39 Å². The van der Waals surface area contributed by atoms with Gasteiger partial charge in [-0.25, -0.2) is 0 Å². The van der Waals surface area contributed by atoms with Gasteiger partial charge in [0.25, 0.3) is 0 Å². The van der Waals surface area contributed by atoms with Crippen LogP contribution in [0.25, 0.3) is 10.9 Å². The van der Waals surface area contributed by atoms with Gasteiger partial charge in [-0.1, -0.05) is 45.9 Å². The first-order valence-electron chi connectivity index (χ1n) is 7.85. The number of fused-ring (bicyclic) bond motifs is 1. The van der Waals surface area contributed by atoms with Crippen molar-refractivity contribution in [2.75, 3.05) is 11.9 Å². The van der Waals surface area contributed by atoms with Gasteiger partial charge in [-0.2, -0.15) is 0 Å². The average Bonchev–Trinajstić information content (AvgIpc) is 2.46. The highest BCUT2D eigenvalue weighted by molar-refractivity contribution is 5.91. The summed E-state index contributed by atoms with van der Waals surface area (Å²) in [6, 6.07) is 10.3. The van der Waals surface area contributed by atoms with E-state index in [2.05, 4.69) is 56.2 Å². The van der Waals surface area contributed by atoms with Crippen molar-refractivity contribution < 1.29 is 0 Å². The fourth-order valence-electron chi connectivity index (χ4n) is 2.95. The van der Waals surface area contributed by atoms with Crippen LogP contribution in [0.5, 0.6) is 0 Å². The molecule has 0 aliphatic heterocycles. The van der Waals surface area contributed by atoms with Crippen molar-refractivity contribution in [1.29, 1.82) is 0 Å². The highest BCUT2D eigenvalue weighted by Gasteiger charge is 2.17. The Bertz CT molecular complexity index is 582. The van der Waals surface area contributed by atoms with Gasteiger partial charge in [-0.15, -0.1) is 0 Å². The van der Waals surface area contributed by atoms with E-state index in [1.54, 1.807) is 0 Å².